The smallest absolute Gasteiger partial charge is 0.337 e. The predicted molar refractivity (Wildman–Crippen MR) is 130 cm³/mol. The zero-order valence-electron chi connectivity index (χ0n) is 20.4. The molecule has 0 amide bonds. The lowest BCUT2D eigenvalue weighted by Gasteiger charge is -2.48. The first kappa shape index (κ1) is 23.7. The quantitative estimate of drug-likeness (QED) is 0.427. The molecule has 2 aromatic rings. The van der Waals surface area contributed by atoms with E-state index in [0.29, 0.717) is 12.4 Å². The van der Waals surface area contributed by atoms with E-state index in [4.69, 9.17) is 23.7 Å². The van der Waals surface area contributed by atoms with Gasteiger partial charge >= 0.3 is 5.97 Å². The molecule has 0 bridgehead atoms. The molecule has 6 heteroatoms. The van der Waals surface area contributed by atoms with Crippen molar-refractivity contribution in [2.75, 3.05) is 21.0 Å². The van der Waals surface area contributed by atoms with Crippen molar-refractivity contribution in [2.45, 2.75) is 68.7 Å². The van der Waals surface area contributed by atoms with E-state index in [2.05, 4.69) is 24.0 Å². The van der Waals surface area contributed by atoms with Crippen LogP contribution < -0.4 is 9.47 Å². The molecule has 2 saturated carbocycles. The van der Waals surface area contributed by atoms with E-state index in [1.165, 1.54) is 20.0 Å². The van der Waals surface area contributed by atoms with Gasteiger partial charge in [0.15, 0.2) is 24.1 Å². The van der Waals surface area contributed by atoms with Crippen LogP contribution >= 0.6 is 0 Å². The molecule has 1 aliphatic heterocycles. The zero-order chi connectivity index (χ0) is 24.3. The van der Waals surface area contributed by atoms with Crippen LogP contribution in [0.15, 0.2) is 42.5 Å². The van der Waals surface area contributed by atoms with Crippen LogP contribution in [0, 0.1) is 11.8 Å². The minimum Gasteiger partial charge on any atom is -0.493 e. The Labute approximate surface area is 206 Å². The first-order valence-corrected chi connectivity index (χ1v) is 12.4. The maximum Gasteiger partial charge on any atom is 0.337 e. The highest BCUT2D eigenvalue weighted by Gasteiger charge is 2.48. The van der Waals surface area contributed by atoms with Crippen LogP contribution in [0.1, 0.15) is 72.9 Å². The summed E-state index contributed by atoms with van der Waals surface area (Å²) in [6.07, 6.45) is 8.01. The molecule has 3 fully saturated rings. The zero-order valence-corrected chi connectivity index (χ0v) is 20.4. The summed E-state index contributed by atoms with van der Waals surface area (Å²) in [7, 11) is 3.06. The molecule has 2 aromatic carbocycles. The Bertz CT molecular complexity index is 1110. The van der Waals surface area contributed by atoms with Crippen LogP contribution in [0.3, 0.4) is 0 Å². The first-order valence-electron chi connectivity index (χ1n) is 12.4. The van der Waals surface area contributed by atoms with E-state index in [1.807, 2.05) is 18.2 Å². The fourth-order valence-corrected chi connectivity index (χ4v) is 5.31. The van der Waals surface area contributed by atoms with Crippen molar-refractivity contribution in [3.63, 3.8) is 0 Å². The minimum atomic E-state index is -0.455. The summed E-state index contributed by atoms with van der Waals surface area (Å²) in [6.45, 7) is 0.368. The third-order valence-electron chi connectivity index (χ3n) is 7.57. The second-order valence-electron chi connectivity index (χ2n) is 9.61. The third kappa shape index (κ3) is 4.89. The van der Waals surface area contributed by atoms with Crippen LogP contribution in [0.4, 0.5) is 0 Å². The third-order valence-corrected chi connectivity index (χ3v) is 7.57. The number of carbonyl (C=O) groups excluding carboxylic acids is 1. The highest BCUT2D eigenvalue weighted by atomic mass is 16.9. The van der Waals surface area contributed by atoms with Gasteiger partial charge in [0.05, 0.1) is 31.3 Å². The summed E-state index contributed by atoms with van der Waals surface area (Å²) in [4.78, 5) is 11.8. The standard InChI is InChI=1S/C29H32O6/c1-31-25-12-11-23(19-26(25)35-24-5-3-4-6-24)28(15-17-29(18-16-28)33-20-34-29)14-13-21-7-9-22(10-8-21)27(30)32-2/h7-12,19,24H,3-6,15-18,20H2,1-2H3. The van der Waals surface area contributed by atoms with Gasteiger partial charge in [0.25, 0.3) is 0 Å². The van der Waals surface area contributed by atoms with Gasteiger partial charge in [-0.1, -0.05) is 17.9 Å². The van der Waals surface area contributed by atoms with Gasteiger partial charge in [-0.15, -0.1) is 0 Å². The Hall–Kier alpha value is -3.01. The fourth-order valence-electron chi connectivity index (χ4n) is 5.31. The topological polar surface area (TPSA) is 63.2 Å². The van der Waals surface area contributed by atoms with Gasteiger partial charge in [-0.3, -0.25) is 0 Å². The van der Waals surface area contributed by atoms with Gasteiger partial charge in [-0.05, 0) is 80.5 Å². The number of hydrogen-bond acceptors (Lipinski definition) is 6. The highest BCUT2D eigenvalue weighted by Crippen LogP contribution is 2.49. The molecular weight excluding hydrogens is 444 g/mol. The number of ether oxygens (including phenoxy) is 5. The molecule has 1 saturated heterocycles. The van der Waals surface area contributed by atoms with E-state index in [1.54, 1.807) is 19.2 Å². The average Bonchev–Trinajstić information content (AvgIpc) is 3.40. The molecule has 184 valence electrons. The van der Waals surface area contributed by atoms with Gasteiger partial charge in [0, 0.05) is 18.4 Å². The van der Waals surface area contributed by atoms with Crippen molar-refractivity contribution in [3.8, 4) is 23.3 Å². The average molecular weight is 477 g/mol. The minimum absolute atomic E-state index is 0.237. The second-order valence-corrected chi connectivity index (χ2v) is 9.61. The maximum atomic E-state index is 11.8. The van der Waals surface area contributed by atoms with Gasteiger partial charge in [-0.25, -0.2) is 4.79 Å². The van der Waals surface area contributed by atoms with Crippen LogP contribution in [-0.2, 0) is 19.6 Å². The van der Waals surface area contributed by atoms with Crippen LogP contribution in [-0.4, -0.2) is 38.9 Å². The normalized spacial score (nSPS) is 20.4. The SMILES string of the molecule is COC(=O)c1ccc(C#CC2(c3ccc(OC)c(OC4CCCC4)c3)CCC3(CC2)OCO3)cc1. The van der Waals surface area contributed by atoms with Crippen molar-refractivity contribution in [1.29, 1.82) is 0 Å². The van der Waals surface area contributed by atoms with Crippen LogP contribution in [0.2, 0.25) is 0 Å². The summed E-state index contributed by atoms with van der Waals surface area (Å²) < 4.78 is 28.4. The second kappa shape index (κ2) is 9.93. The van der Waals surface area contributed by atoms with Crippen LogP contribution in [0.25, 0.3) is 0 Å². The molecule has 6 nitrogen and oxygen atoms in total. The molecule has 1 spiro atoms. The summed E-state index contributed by atoms with van der Waals surface area (Å²) in [5, 5.41) is 0. The Morgan fingerprint density at radius 3 is 2.26 bits per heavy atom. The molecule has 2 aliphatic carbocycles. The Morgan fingerprint density at radius 2 is 1.66 bits per heavy atom. The lowest BCUT2D eigenvalue weighted by molar-refractivity contribution is -0.408. The van der Waals surface area contributed by atoms with E-state index in [-0.39, 0.29) is 17.5 Å². The summed E-state index contributed by atoms with van der Waals surface area (Å²) >= 11 is 0. The monoisotopic (exact) mass is 476 g/mol. The van der Waals surface area contributed by atoms with Crippen molar-refractivity contribution < 1.29 is 28.5 Å². The molecule has 0 N–H and O–H groups in total. The summed E-state index contributed by atoms with van der Waals surface area (Å²) in [5.74, 6) is 7.70. The number of rotatable bonds is 5. The van der Waals surface area contributed by atoms with Crippen molar-refractivity contribution >= 4 is 5.97 Å². The lowest BCUT2D eigenvalue weighted by Crippen LogP contribution is -2.51. The van der Waals surface area contributed by atoms with Crippen molar-refractivity contribution in [2.24, 2.45) is 0 Å². The van der Waals surface area contributed by atoms with Crippen LogP contribution in [0.5, 0.6) is 11.5 Å². The lowest BCUT2D eigenvalue weighted by atomic mass is 9.67. The fraction of sp³-hybridized carbons (Fsp3) is 0.483. The molecule has 3 aliphatic rings. The number of hydrogen-bond donors (Lipinski definition) is 0. The van der Waals surface area contributed by atoms with Gasteiger partial charge in [0.1, 0.15) is 0 Å². The molecule has 0 aromatic heterocycles. The molecule has 5 rings (SSSR count). The van der Waals surface area contributed by atoms with E-state index >= 15 is 0 Å². The number of methoxy groups -OCH3 is 2. The Balaban J connectivity index is 1.47. The maximum absolute atomic E-state index is 11.8. The largest absolute Gasteiger partial charge is 0.493 e. The van der Waals surface area contributed by atoms with E-state index < -0.39 is 5.79 Å². The molecule has 1 heterocycles. The van der Waals surface area contributed by atoms with Gasteiger partial charge < -0.3 is 23.7 Å². The Kier molecular flexibility index (Phi) is 6.73. The predicted octanol–water partition coefficient (Wildman–Crippen LogP) is 5.37. The molecular formula is C29H32O6. The molecule has 0 unspecified atom stereocenters. The Morgan fingerprint density at radius 1 is 0.943 bits per heavy atom. The summed E-state index contributed by atoms with van der Waals surface area (Å²) in [6, 6.07) is 13.4. The molecule has 0 atom stereocenters. The molecule has 0 radical (unpaired) electrons. The van der Waals surface area contributed by atoms with Crippen molar-refractivity contribution in [3.05, 3.63) is 59.2 Å². The first-order chi connectivity index (χ1) is 17.0. The molecule has 35 heavy (non-hydrogen) atoms. The van der Waals surface area contributed by atoms with Gasteiger partial charge in [-0.2, -0.15) is 0 Å². The highest BCUT2D eigenvalue weighted by molar-refractivity contribution is 5.89. The van der Waals surface area contributed by atoms with E-state index in [0.717, 1.165) is 61.2 Å². The van der Waals surface area contributed by atoms with E-state index in [9.17, 15) is 4.79 Å². The summed E-state index contributed by atoms with van der Waals surface area (Å²) in [5.41, 5.74) is 2.12. The van der Waals surface area contributed by atoms with Crippen molar-refractivity contribution in [1.82, 2.24) is 0 Å². The van der Waals surface area contributed by atoms with Gasteiger partial charge in [0.2, 0.25) is 0 Å². The number of benzene rings is 2. The number of carbonyl (C=O) groups is 1. The number of esters is 1.